The van der Waals surface area contributed by atoms with Crippen LogP contribution in [0.15, 0.2) is 47.6 Å². The normalized spacial score (nSPS) is 12.8. The predicted molar refractivity (Wildman–Crippen MR) is 81.5 cm³/mol. The Kier molecular flexibility index (Phi) is 3.49. The van der Waals surface area contributed by atoms with Gasteiger partial charge in [0, 0.05) is 5.25 Å². The first-order chi connectivity index (χ1) is 9.61. The van der Waals surface area contributed by atoms with Gasteiger partial charge in [-0.1, -0.05) is 30.0 Å². The molecular formula is C16H15FN2S. The molecule has 0 fully saturated rings. The molecule has 1 heterocycles. The second kappa shape index (κ2) is 5.29. The number of imidazole rings is 1. The Hall–Kier alpha value is -1.81. The molecule has 0 spiro atoms. The van der Waals surface area contributed by atoms with E-state index in [-0.39, 0.29) is 11.1 Å². The van der Waals surface area contributed by atoms with Gasteiger partial charge in [0.05, 0.1) is 11.0 Å². The van der Waals surface area contributed by atoms with Gasteiger partial charge in [0.1, 0.15) is 5.82 Å². The van der Waals surface area contributed by atoms with Crippen molar-refractivity contribution in [3.63, 3.8) is 0 Å². The number of nitrogens with zero attached hydrogens (tertiary/aromatic N) is 1. The average Bonchev–Trinajstić information content (AvgIpc) is 2.80. The van der Waals surface area contributed by atoms with Gasteiger partial charge in [-0.25, -0.2) is 9.37 Å². The molecule has 0 amide bonds. The fraction of sp³-hybridized carbons (Fsp3) is 0.188. The van der Waals surface area contributed by atoms with E-state index in [1.165, 1.54) is 17.7 Å². The monoisotopic (exact) mass is 286 g/mol. The van der Waals surface area contributed by atoms with E-state index >= 15 is 0 Å². The summed E-state index contributed by atoms with van der Waals surface area (Å²) in [5.74, 6) is -0.204. The highest BCUT2D eigenvalue weighted by Crippen LogP contribution is 2.34. The van der Waals surface area contributed by atoms with Crippen molar-refractivity contribution in [3.8, 4) is 0 Å². The van der Waals surface area contributed by atoms with E-state index in [0.717, 1.165) is 21.8 Å². The SMILES string of the molecule is Cc1ccc2nc(S[C@@H](C)c3ccc(F)cc3)[nH]c2c1. The number of fused-ring (bicyclic) bond motifs is 1. The lowest BCUT2D eigenvalue weighted by atomic mass is 10.2. The second-order valence-corrected chi connectivity index (χ2v) is 6.20. The van der Waals surface area contributed by atoms with Gasteiger partial charge < -0.3 is 4.98 Å². The maximum absolute atomic E-state index is 12.9. The first kappa shape index (κ1) is 13.2. The predicted octanol–water partition coefficient (Wildman–Crippen LogP) is 4.86. The Balaban J connectivity index is 1.83. The van der Waals surface area contributed by atoms with Crippen LogP contribution in [0.1, 0.15) is 23.3 Å². The molecule has 2 nitrogen and oxygen atoms in total. The molecule has 0 aliphatic rings. The molecule has 0 aliphatic heterocycles. The number of hydrogen-bond acceptors (Lipinski definition) is 2. The van der Waals surface area contributed by atoms with E-state index in [9.17, 15) is 4.39 Å². The van der Waals surface area contributed by atoms with E-state index < -0.39 is 0 Å². The number of rotatable bonds is 3. The summed E-state index contributed by atoms with van der Waals surface area (Å²) in [7, 11) is 0. The van der Waals surface area contributed by atoms with E-state index in [0.29, 0.717) is 0 Å². The molecule has 0 unspecified atom stereocenters. The summed E-state index contributed by atoms with van der Waals surface area (Å²) < 4.78 is 12.9. The van der Waals surface area contributed by atoms with E-state index in [4.69, 9.17) is 0 Å². The van der Waals surface area contributed by atoms with Gasteiger partial charge >= 0.3 is 0 Å². The zero-order valence-corrected chi connectivity index (χ0v) is 12.2. The third-order valence-corrected chi connectivity index (χ3v) is 4.29. The highest BCUT2D eigenvalue weighted by molar-refractivity contribution is 7.99. The molecular weight excluding hydrogens is 271 g/mol. The molecule has 102 valence electrons. The number of halogens is 1. The number of aryl methyl sites for hydroxylation is 1. The Morgan fingerprint density at radius 3 is 2.65 bits per heavy atom. The molecule has 0 aliphatic carbocycles. The third kappa shape index (κ3) is 2.70. The molecule has 3 aromatic rings. The standard InChI is InChI=1S/C16H15FN2S/c1-10-3-8-14-15(9-10)19-16(18-14)20-11(2)12-4-6-13(17)7-5-12/h3-9,11H,1-2H3,(H,18,19)/t11-/m0/s1. The molecule has 4 heteroatoms. The summed E-state index contributed by atoms with van der Waals surface area (Å²) in [6.45, 7) is 4.16. The van der Waals surface area contributed by atoms with Crippen molar-refractivity contribution in [1.82, 2.24) is 9.97 Å². The number of hydrogen-bond donors (Lipinski definition) is 1. The largest absolute Gasteiger partial charge is 0.333 e. The summed E-state index contributed by atoms with van der Waals surface area (Å²) in [6, 6.07) is 12.8. The smallest absolute Gasteiger partial charge is 0.166 e. The second-order valence-electron chi connectivity index (χ2n) is 4.87. The van der Waals surface area contributed by atoms with Crippen LogP contribution < -0.4 is 0 Å². The molecule has 1 aromatic heterocycles. The lowest BCUT2D eigenvalue weighted by molar-refractivity contribution is 0.627. The third-order valence-electron chi connectivity index (χ3n) is 3.24. The first-order valence-corrected chi connectivity index (χ1v) is 7.38. The Morgan fingerprint density at radius 2 is 1.90 bits per heavy atom. The zero-order chi connectivity index (χ0) is 14.1. The number of H-pyrrole nitrogens is 1. The number of nitrogens with one attached hydrogen (secondary N) is 1. The van der Waals surface area contributed by atoms with Gasteiger partial charge in [-0.2, -0.15) is 0 Å². The van der Waals surface area contributed by atoms with Crippen LogP contribution in [0, 0.1) is 12.7 Å². The average molecular weight is 286 g/mol. The minimum absolute atomic E-state index is 0.204. The zero-order valence-electron chi connectivity index (χ0n) is 11.4. The number of thioether (sulfide) groups is 1. The molecule has 1 N–H and O–H groups in total. The van der Waals surface area contributed by atoms with Gasteiger partial charge in [0.2, 0.25) is 0 Å². The molecule has 3 rings (SSSR count). The van der Waals surface area contributed by atoms with Crippen molar-refractivity contribution in [1.29, 1.82) is 0 Å². The highest BCUT2D eigenvalue weighted by atomic mass is 32.2. The summed E-state index contributed by atoms with van der Waals surface area (Å²) in [6.07, 6.45) is 0. The first-order valence-electron chi connectivity index (χ1n) is 6.50. The maximum atomic E-state index is 12.9. The molecule has 0 saturated heterocycles. The minimum atomic E-state index is -0.204. The molecule has 0 radical (unpaired) electrons. The molecule has 1 atom stereocenters. The Morgan fingerprint density at radius 1 is 1.15 bits per heavy atom. The van der Waals surface area contributed by atoms with Crippen LogP contribution in [0.4, 0.5) is 4.39 Å². The summed E-state index contributed by atoms with van der Waals surface area (Å²) in [5.41, 5.74) is 4.33. The lowest BCUT2D eigenvalue weighted by Crippen LogP contribution is -1.89. The number of aromatic nitrogens is 2. The van der Waals surface area contributed by atoms with Gasteiger partial charge in [-0.15, -0.1) is 0 Å². The van der Waals surface area contributed by atoms with Gasteiger partial charge in [-0.05, 0) is 49.2 Å². The van der Waals surface area contributed by atoms with Gasteiger partial charge in [-0.3, -0.25) is 0 Å². The summed E-state index contributed by atoms with van der Waals surface area (Å²) in [4.78, 5) is 7.90. The van der Waals surface area contributed by atoms with Crippen molar-refractivity contribution < 1.29 is 4.39 Å². The quantitative estimate of drug-likeness (QED) is 0.696. The minimum Gasteiger partial charge on any atom is -0.333 e. The number of aromatic amines is 1. The van der Waals surface area contributed by atoms with Gasteiger partial charge in [0.15, 0.2) is 5.16 Å². The van der Waals surface area contributed by atoms with Crippen molar-refractivity contribution in [2.75, 3.05) is 0 Å². The Labute approximate surface area is 121 Å². The van der Waals surface area contributed by atoms with Crippen molar-refractivity contribution >= 4 is 22.8 Å². The summed E-state index contributed by atoms with van der Waals surface area (Å²) >= 11 is 1.65. The maximum Gasteiger partial charge on any atom is 0.166 e. The van der Waals surface area contributed by atoms with Crippen LogP contribution in [0.5, 0.6) is 0 Å². The highest BCUT2D eigenvalue weighted by Gasteiger charge is 2.11. The van der Waals surface area contributed by atoms with Crippen LogP contribution in [0.25, 0.3) is 11.0 Å². The fourth-order valence-corrected chi connectivity index (χ4v) is 3.07. The van der Waals surface area contributed by atoms with E-state index in [2.05, 4.69) is 35.9 Å². The van der Waals surface area contributed by atoms with E-state index in [1.54, 1.807) is 11.8 Å². The molecule has 0 bridgehead atoms. The lowest BCUT2D eigenvalue weighted by Gasteiger charge is -2.09. The molecule has 0 saturated carbocycles. The van der Waals surface area contributed by atoms with E-state index in [1.807, 2.05) is 18.2 Å². The topological polar surface area (TPSA) is 28.7 Å². The van der Waals surface area contributed by atoms with Crippen LogP contribution in [0.2, 0.25) is 0 Å². The Bertz CT molecular complexity index is 734. The molecule has 2 aromatic carbocycles. The van der Waals surface area contributed by atoms with Gasteiger partial charge in [0.25, 0.3) is 0 Å². The van der Waals surface area contributed by atoms with Crippen LogP contribution in [-0.2, 0) is 0 Å². The number of benzene rings is 2. The van der Waals surface area contributed by atoms with Crippen molar-refractivity contribution in [2.45, 2.75) is 24.3 Å². The van der Waals surface area contributed by atoms with Crippen LogP contribution in [-0.4, -0.2) is 9.97 Å². The van der Waals surface area contributed by atoms with Crippen molar-refractivity contribution in [3.05, 3.63) is 59.4 Å². The fourth-order valence-electron chi connectivity index (χ4n) is 2.13. The molecule has 20 heavy (non-hydrogen) atoms. The van der Waals surface area contributed by atoms with Crippen LogP contribution >= 0.6 is 11.8 Å². The summed E-state index contributed by atoms with van der Waals surface area (Å²) in [5, 5.41) is 1.11. The van der Waals surface area contributed by atoms with Crippen molar-refractivity contribution in [2.24, 2.45) is 0 Å². The van der Waals surface area contributed by atoms with Crippen LogP contribution in [0.3, 0.4) is 0 Å².